The van der Waals surface area contributed by atoms with Crippen molar-refractivity contribution in [1.29, 1.82) is 0 Å². The monoisotopic (exact) mass is 808 g/mol. The molecule has 1 amide bonds. The summed E-state index contributed by atoms with van der Waals surface area (Å²) in [5.74, 6) is -2.54. The first-order chi connectivity index (χ1) is 27.2. The van der Waals surface area contributed by atoms with Gasteiger partial charge in [0.05, 0.1) is 24.9 Å². The van der Waals surface area contributed by atoms with E-state index in [1.54, 1.807) is 0 Å². The fourth-order valence-electron chi connectivity index (χ4n) is 8.94. The van der Waals surface area contributed by atoms with E-state index in [1.165, 1.54) is 13.8 Å². The number of aliphatic carboxylic acids is 1. The first kappa shape index (κ1) is 45.5. The van der Waals surface area contributed by atoms with Crippen molar-refractivity contribution >= 4 is 17.7 Å². The van der Waals surface area contributed by atoms with Gasteiger partial charge in [-0.25, -0.2) is 4.79 Å². The normalized spacial score (nSPS) is 37.0. The van der Waals surface area contributed by atoms with Gasteiger partial charge in [0.1, 0.15) is 48.4 Å². The minimum Gasteiger partial charge on any atom is -0.479 e. The molecule has 1 aromatic carbocycles. The quantitative estimate of drug-likeness (QED) is 0.110. The Bertz CT molecular complexity index is 1440. The number of carbonyl (C=O) groups excluding carboxylic acids is 2. The van der Waals surface area contributed by atoms with Crippen LogP contribution < -0.4 is 11.1 Å². The SMILES string of the molecule is CCC1CC(C(=O)CCc2ccc(CN)cc2)C[C@@H](O[C@@H]2O[C@@H](CO)[C@H](O)C(O[C@@H](CC3CCCCC3)C(=O)O)C2NC(C)=O)[C@@H]1O[C@@H]1OC(C)[C@@H](O)[C@H](O)C1O. The van der Waals surface area contributed by atoms with Gasteiger partial charge in [-0.15, -0.1) is 0 Å². The lowest BCUT2D eigenvalue weighted by molar-refractivity contribution is -0.338. The molecule has 6 unspecified atom stereocenters. The van der Waals surface area contributed by atoms with Crippen LogP contribution in [-0.2, 0) is 51.0 Å². The molecule has 16 nitrogen and oxygen atoms in total. The second-order valence-electron chi connectivity index (χ2n) is 16.4. The summed E-state index contributed by atoms with van der Waals surface area (Å²) in [5.41, 5.74) is 7.70. The van der Waals surface area contributed by atoms with Crippen LogP contribution in [0, 0.1) is 17.8 Å². The zero-order valence-electron chi connectivity index (χ0n) is 33.3. The number of amides is 1. The van der Waals surface area contributed by atoms with Crippen molar-refractivity contribution in [3.05, 3.63) is 35.4 Å². The number of aryl methyl sites for hydroxylation is 1. The Morgan fingerprint density at radius 3 is 2.19 bits per heavy atom. The summed E-state index contributed by atoms with van der Waals surface area (Å²) in [7, 11) is 0. The van der Waals surface area contributed by atoms with Crippen molar-refractivity contribution in [2.24, 2.45) is 23.5 Å². The molecule has 9 N–H and O–H groups in total. The molecule has 0 bridgehead atoms. The molecule has 57 heavy (non-hydrogen) atoms. The van der Waals surface area contributed by atoms with E-state index in [0.717, 1.165) is 43.2 Å². The zero-order chi connectivity index (χ0) is 41.4. The number of Topliss-reactive ketones (excluding diaryl/α,β-unsaturated/α-hetero) is 1. The Morgan fingerprint density at radius 1 is 0.895 bits per heavy atom. The highest BCUT2D eigenvalue weighted by Crippen LogP contribution is 2.40. The molecule has 4 aliphatic rings. The number of carboxylic acids is 1. The number of carboxylic acid groups (broad SMARTS) is 1. The Balaban J connectivity index is 1.44. The van der Waals surface area contributed by atoms with Crippen LogP contribution in [0.1, 0.15) is 96.1 Å². The van der Waals surface area contributed by atoms with Crippen molar-refractivity contribution in [2.45, 2.75) is 178 Å². The van der Waals surface area contributed by atoms with Crippen molar-refractivity contribution in [3.63, 3.8) is 0 Å². The third kappa shape index (κ3) is 11.6. The molecule has 15 atom stereocenters. The summed E-state index contributed by atoms with van der Waals surface area (Å²) in [4.78, 5) is 39.2. The van der Waals surface area contributed by atoms with E-state index in [4.69, 9.17) is 29.4 Å². The predicted octanol–water partition coefficient (Wildman–Crippen LogP) is 1.07. The minimum atomic E-state index is -1.62. The van der Waals surface area contributed by atoms with Crippen LogP contribution in [0.3, 0.4) is 0 Å². The van der Waals surface area contributed by atoms with Gasteiger partial charge in [0.2, 0.25) is 5.91 Å². The number of nitrogens with two attached hydrogens (primary N) is 1. The minimum absolute atomic E-state index is 0.00984. The number of aliphatic hydroxyl groups excluding tert-OH is 5. The van der Waals surface area contributed by atoms with E-state index in [9.17, 15) is 45.0 Å². The Kier molecular flexibility index (Phi) is 16.8. The number of hydrogen-bond donors (Lipinski definition) is 8. The standard InChI is InChI=1S/C41H64N2O14/c1-4-26-17-27(28(46)15-14-23-10-12-25(19-42)13-11-23)18-29(37(26)57-41-36(50)35(49)33(47)21(2)53-41)55-40-32(43-22(3)45)38(34(48)31(20-44)56-40)54-30(39(51)52)16-24-8-6-5-7-9-24/h10-13,21,24,26-27,29-38,40-41,44,47-50H,4-9,14-20,42H2,1-3H3,(H,43,45)(H,51,52)/t21?,26?,27?,29-,30+,31+,32?,33-,34+,35+,36?,37-,38?,40-,41+/m1/s1. The second-order valence-corrected chi connectivity index (χ2v) is 16.4. The summed E-state index contributed by atoms with van der Waals surface area (Å²) in [6.45, 7) is 4.42. The molecule has 4 fully saturated rings. The van der Waals surface area contributed by atoms with Gasteiger partial charge in [-0.3, -0.25) is 9.59 Å². The van der Waals surface area contributed by atoms with Crippen LogP contribution in [0.5, 0.6) is 0 Å². The van der Waals surface area contributed by atoms with Crippen LogP contribution in [0.2, 0.25) is 0 Å². The number of ether oxygens (including phenoxy) is 5. The lowest BCUT2D eigenvalue weighted by Gasteiger charge is -2.49. The molecule has 2 aliphatic heterocycles. The van der Waals surface area contributed by atoms with Crippen LogP contribution in [-0.4, -0.2) is 135 Å². The highest BCUT2D eigenvalue weighted by atomic mass is 16.7. The zero-order valence-corrected chi connectivity index (χ0v) is 33.3. The van der Waals surface area contributed by atoms with Gasteiger partial charge in [0.25, 0.3) is 0 Å². The van der Waals surface area contributed by atoms with Crippen molar-refractivity contribution in [2.75, 3.05) is 6.61 Å². The van der Waals surface area contributed by atoms with E-state index in [-0.39, 0.29) is 36.9 Å². The van der Waals surface area contributed by atoms with Crippen LogP contribution in [0.15, 0.2) is 24.3 Å². The van der Waals surface area contributed by atoms with E-state index in [2.05, 4.69) is 5.32 Å². The summed E-state index contributed by atoms with van der Waals surface area (Å²) < 4.78 is 31.2. The maximum Gasteiger partial charge on any atom is 0.332 e. The van der Waals surface area contributed by atoms with Gasteiger partial charge in [0.15, 0.2) is 18.7 Å². The molecule has 1 aromatic rings. The highest BCUT2D eigenvalue weighted by molar-refractivity contribution is 5.81. The molecule has 2 aliphatic carbocycles. The molecule has 0 radical (unpaired) electrons. The maximum atomic E-state index is 13.9. The number of hydrogen-bond acceptors (Lipinski definition) is 14. The molecule has 2 heterocycles. The predicted molar refractivity (Wildman–Crippen MR) is 203 cm³/mol. The summed E-state index contributed by atoms with van der Waals surface area (Å²) in [6.07, 6.45) is -9.03. The molecule has 16 heteroatoms. The largest absolute Gasteiger partial charge is 0.479 e. The van der Waals surface area contributed by atoms with Crippen LogP contribution >= 0.6 is 0 Å². The van der Waals surface area contributed by atoms with Gasteiger partial charge in [0, 0.05) is 25.8 Å². The van der Waals surface area contributed by atoms with Crippen molar-refractivity contribution in [3.8, 4) is 0 Å². The summed E-state index contributed by atoms with van der Waals surface area (Å²) in [5, 5.41) is 66.7. The van der Waals surface area contributed by atoms with E-state index in [0.29, 0.717) is 25.8 Å². The molecular formula is C41H64N2O14. The number of benzene rings is 1. The number of carbonyl (C=O) groups is 3. The van der Waals surface area contributed by atoms with Crippen molar-refractivity contribution < 1.29 is 68.7 Å². The Labute approximate surface area is 334 Å². The average molecular weight is 809 g/mol. The molecule has 0 aromatic heterocycles. The van der Waals surface area contributed by atoms with Crippen LogP contribution in [0.4, 0.5) is 0 Å². The maximum absolute atomic E-state index is 13.9. The van der Waals surface area contributed by atoms with Gasteiger partial charge >= 0.3 is 5.97 Å². The van der Waals surface area contributed by atoms with Crippen LogP contribution in [0.25, 0.3) is 0 Å². The average Bonchev–Trinajstić information content (AvgIpc) is 3.20. The fourth-order valence-corrected chi connectivity index (χ4v) is 8.94. The lowest BCUT2D eigenvalue weighted by Crippen LogP contribution is -2.67. The van der Waals surface area contributed by atoms with E-state index >= 15 is 0 Å². The number of ketones is 1. The first-order valence-corrected chi connectivity index (χ1v) is 20.6. The summed E-state index contributed by atoms with van der Waals surface area (Å²) in [6, 6.07) is 6.47. The third-order valence-electron chi connectivity index (χ3n) is 12.3. The lowest BCUT2D eigenvalue weighted by atomic mass is 9.73. The number of nitrogens with one attached hydrogen (secondary N) is 1. The van der Waals surface area contributed by atoms with Gasteiger partial charge in [-0.05, 0) is 55.6 Å². The fraction of sp³-hybridized carbons (Fsp3) is 0.780. The van der Waals surface area contributed by atoms with E-state index < -0.39 is 104 Å². The molecule has 2 saturated carbocycles. The molecule has 0 spiro atoms. The molecule has 2 saturated heterocycles. The molecule has 322 valence electrons. The summed E-state index contributed by atoms with van der Waals surface area (Å²) >= 11 is 0. The van der Waals surface area contributed by atoms with Gasteiger partial charge < -0.3 is 65.4 Å². The topological polar surface area (TPSA) is 257 Å². The van der Waals surface area contributed by atoms with Crippen molar-refractivity contribution in [1.82, 2.24) is 5.32 Å². The third-order valence-corrected chi connectivity index (χ3v) is 12.3. The smallest absolute Gasteiger partial charge is 0.332 e. The number of aliphatic hydroxyl groups is 5. The number of rotatable bonds is 17. The molecular weight excluding hydrogens is 744 g/mol. The first-order valence-electron chi connectivity index (χ1n) is 20.6. The van der Waals surface area contributed by atoms with E-state index in [1.807, 2.05) is 31.2 Å². The highest BCUT2D eigenvalue weighted by Gasteiger charge is 2.52. The Hall–Kier alpha value is -2.61. The van der Waals surface area contributed by atoms with Gasteiger partial charge in [-0.1, -0.05) is 69.7 Å². The van der Waals surface area contributed by atoms with Gasteiger partial charge in [-0.2, -0.15) is 0 Å². The second kappa shape index (κ2) is 21.1. The molecule has 5 rings (SSSR count). The Morgan fingerprint density at radius 2 is 1.58 bits per heavy atom.